The number of aliphatic hydroxyl groups is 1. The number of nitrogens with one attached hydrogen (secondary N) is 1. The van der Waals surface area contributed by atoms with E-state index in [1.807, 2.05) is 5.92 Å². The molecule has 0 aromatic heterocycles. The van der Waals surface area contributed by atoms with Gasteiger partial charge in [0, 0.05) is 19.6 Å². The molecule has 0 spiro atoms. The van der Waals surface area contributed by atoms with Gasteiger partial charge in [-0.25, -0.2) is 0 Å². The summed E-state index contributed by atoms with van der Waals surface area (Å²) in [7, 11) is 0. The minimum Gasteiger partial charge on any atom is -0.386 e. The number of amides is 1. The molecule has 1 unspecified atom stereocenters. The van der Waals surface area contributed by atoms with Gasteiger partial charge in [0.2, 0.25) is 0 Å². The fourth-order valence-electron chi connectivity index (χ4n) is 1.03. The number of hydrogen-bond donors (Lipinski definition) is 2. The van der Waals surface area contributed by atoms with E-state index in [-0.39, 0.29) is 13.2 Å². The van der Waals surface area contributed by atoms with E-state index in [9.17, 15) is 9.90 Å². The molecule has 1 aliphatic heterocycles. The fraction of sp³-hybridized carbons (Fsp3) is 0.625. The normalized spacial score (nSPS) is 28.0. The third-order valence-electron chi connectivity index (χ3n) is 1.79. The molecule has 4 heteroatoms. The van der Waals surface area contributed by atoms with Crippen molar-refractivity contribution in [2.24, 2.45) is 0 Å². The van der Waals surface area contributed by atoms with Gasteiger partial charge in [-0.2, -0.15) is 0 Å². The van der Waals surface area contributed by atoms with Gasteiger partial charge in [-0.05, 0) is 5.92 Å². The van der Waals surface area contributed by atoms with E-state index < -0.39 is 11.5 Å². The first-order valence-corrected chi connectivity index (χ1v) is 3.71. The first kappa shape index (κ1) is 9.04. The van der Waals surface area contributed by atoms with Gasteiger partial charge in [0.25, 0.3) is 5.91 Å². The van der Waals surface area contributed by atoms with Crippen LogP contribution in [0.15, 0.2) is 0 Å². The first-order valence-electron chi connectivity index (χ1n) is 3.71. The van der Waals surface area contributed by atoms with E-state index in [1.165, 1.54) is 0 Å². The molecule has 12 heavy (non-hydrogen) atoms. The SMILES string of the molecule is C#CC(=O)NCC1(O)CCOC1. The first-order chi connectivity index (χ1) is 5.66. The van der Waals surface area contributed by atoms with Crippen LogP contribution in [0.25, 0.3) is 0 Å². The Morgan fingerprint density at radius 2 is 2.58 bits per heavy atom. The molecule has 0 aromatic carbocycles. The summed E-state index contributed by atoms with van der Waals surface area (Å²) >= 11 is 0. The van der Waals surface area contributed by atoms with Crippen LogP contribution in [0, 0.1) is 12.3 Å². The van der Waals surface area contributed by atoms with Crippen LogP contribution < -0.4 is 5.32 Å². The molecule has 1 amide bonds. The van der Waals surface area contributed by atoms with Crippen molar-refractivity contribution in [3.63, 3.8) is 0 Å². The average Bonchev–Trinajstić information content (AvgIpc) is 2.49. The van der Waals surface area contributed by atoms with Gasteiger partial charge >= 0.3 is 0 Å². The lowest BCUT2D eigenvalue weighted by atomic mass is 10.0. The maximum Gasteiger partial charge on any atom is 0.295 e. The lowest BCUT2D eigenvalue weighted by Gasteiger charge is -2.19. The van der Waals surface area contributed by atoms with Gasteiger partial charge in [-0.3, -0.25) is 4.79 Å². The Hall–Kier alpha value is -1.05. The predicted octanol–water partition coefficient (Wildman–Crippen LogP) is -1.11. The summed E-state index contributed by atoms with van der Waals surface area (Å²) in [4.78, 5) is 10.6. The third kappa shape index (κ3) is 2.22. The minimum absolute atomic E-state index is 0.163. The van der Waals surface area contributed by atoms with Crippen molar-refractivity contribution >= 4 is 5.91 Å². The van der Waals surface area contributed by atoms with Gasteiger partial charge in [0.05, 0.1) is 6.61 Å². The molecule has 1 heterocycles. The van der Waals surface area contributed by atoms with Crippen molar-refractivity contribution < 1.29 is 14.6 Å². The minimum atomic E-state index is -0.924. The second-order valence-corrected chi connectivity index (χ2v) is 2.85. The monoisotopic (exact) mass is 169 g/mol. The summed E-state index contributed by atoms with van der Waals surface area (Å²) in [6, 6.07) is 0. The lowest BCUT2D eigenvalue weighted by molar-refractivity contribution is -0.116. The summed E-state index contributed by atoms with van der Waals surface area (Å²) in [6.45, 7) is 0.955. The van der Waals surface area contributed by atoms with Crippen molar-refractivity contribution in [3.05, 3.63) is 0 Å². The molecule has 0 saturated carbocycles. The van der Waals surface area contributed by atoms with E-state index in [0.717, 1.165) is 0 Å². The van der Waals surface area contributed by atoms with E-state index in [1.54, 1.807) is 0 Å². The molecular weight excluding hydrogens is 158 g/mol. The quantitative estimate of drug-likeness (QED) is 0.515. The van der Waals surface area contributed by atoms with Crippen molar-refractivity contribution in [1.82, 2.24) is 5.32 Å². The number of carbonyl (C=O) groups is 1. The summed E-state index contributed by atoms with van der Waals surface area (Å²) in [5, 5.41) is 12.0. The molecule has 0 bridgehead atoms. The standard InChI is InChI=1S/C8H11NO3/c1-2-7(10)9-5-8(11)3-4-12-6-8/h1,11H,3-6H2,(H,9,10). The van der Waals surface area contributed by atoms with Crippen molar-refractivity contribution in [1.29, 1.82) is 0 Å². The van der Waals surface area contributed by atoms with Gasteiger partial charge in [-0.1, -0.05) is 0 Å². The molecule has 66 valence electrons. The van der Waals surface area contributed by atoms with Crippen LogP contribution in [-0.2, 0) is 9.53 Å². The molecule has 1 aliphatic rings. The Balaban J connectivity index is 2.31. The maximum absolute atomic E-state index is 10.6. The molecular formula is C8H11NO3. The number of carbonyl (C=O) groups excluding carboxylic acids is 1. The molecule has 2 N–H and O–H groups in total. The van der Waals surface area contributed by atoms with E-state index >= 15 is 0 Å². The van der Waals surface area contributed by atoms with Gasteiger partial charge < -0.3 is 15.2 Å². The Kier molecular flexibility index (Phi) is 2.69. The van der Waals surface area contributed by atoms with E-state index in [2.05, 4.69) is 5.32 Å². The number of hydrogen-bond acceptors (Lipinski definition) is 3. The van der Waals surface area contributed by atoms with E-state index in [4.69, 9.17) is 11.2 Å². The Morgan fingerprint density at radius 1 is 1.83 bits per heavy atom. The highest BCUT2D eigenvalue weighted by Crippen LogP contribution is 2.16. The molecule has 1 saturated heterocycles. The Morgan fingerprint density at radius 3 is 3.08 bits per heavy atom. The maximum atomic E-state index is 10.6. The Bertz CT molecular complexity index is 213. The summed E-state index contributed by atoms with van der Waals surface area (Å²) in [5.74, 6) is 1.40. The van der Waals surface area contributed by atoms with Crippen LogP contribution in [0.4, 0.5) is 0 Å². The molecule has 1 fully saturated rings. The number of terminal acetylenes is 1. The topological polar surface area (TPSA) is 58.6 Å². The second-order valence-electron chi connectivity index (χ2n) is 2.85. The molecule has 0 aliphatic carbocycles. The highest BCUT2D eigenvalue weighted by molar-refractivity contribution is 5.92. The Labute approximate surface area is 70.9 Å². The highest BCUT2D eigenvalue weighted by atomic mass is 16.5. The number of ether oxygens (including phenoxy) is 1. The van der Waals surface area contributed by atoms with Crippen LogP contribution >= 0.6 is 0 Å². The zero-order valence-corrected chi connectivity index (χ0v) is 6.67. The van der Waals surface area contributed by atoms with Crippen LogP contribution in [0.2, 0.25) is 0 Å². The van der Waals surface area contributed by atoms with Crippen LogP contribution in [0.3, 0.4) is 0 Å². The van der Waals surface area contributed by atoms with Gasteiger partial charge in [0.15, 0.2) is 0 Å². The molecule has 0 aromatic rings. The van der Waals surface area contributed by atoms with Crippen LogP contribution in [0.1, 0.15) is 6.42 Å². The fourth-order valence-corrected chi connectivity index (χ4v) is 1.03. The second kappa shape index (κ2) is 3.57. The van der Waals surface area contributed by atoms with E-state index in [0.29, 0.717) is 13.0 Å². The lowest BCUT2D eigenvalue weighted by Crippen LogP contribution is -2.42. The summed E-state index contributed by atoms with van der Waals surface area (Å²) in [6.07, 6.45) is 5.36. The van der Waals surface area contributed by atoms with Crippen LogP contribution in [0.5, 0.6) is 0 Å². The summed E-state index contributed by atoms with van der Waals surface area (Å²) < 4.78 is 4.97. The zero-order valence-electron chi connectivity index (χ0n) is 6.67. The smallest absolute Gasteiger partial charge is 0.295 e. The van der Waals surface area contributed by atoms with Crippen molar-refractivity contribution in [2.45, 2.75) is 12.0 Å². The van der Waals surface area contributed by atoms with Crippen LogP contribution in [-0.4, -0.2) is 36.4 Å². The zero-order chi connectivity index (χ0) is 9.03. The van der Waals surface area contributed by atoms with Crippen molar-refractivity contribution in [3.8, 4) is 12.3 Å². The van der Waals surface area contributed by atoms with Crippen molar-refractivity contribution in [2.75, 3.05) is 19.8 Å². The molecule has 1 atom stereocenters. The van der Waals surface area contributed by atoms with Gasteiger partial charge in [-0.15, -0.1) is 6.42 Å². The molecule has 0 radical (unpaired) electrons. The van der Waals surface area contributed by atoms with Gasteiger partial charge in [0.1, 0.15) is 5.60 Å². The predicted molar refractivity (Wildman–Crippen MR) is 42.2 cm³/mol. The molecule has 4 nitrogen and oxygen atoms in total. The molecule has 1 rings (SSSR count). The largest absolute Gasteiger partial charge is 0.386 e. The number of rotatable bonds is 2. The highest BCUT2D eigenvalue weighted by Gasteiger charge is 2.32. The summed E-state index contributed by atoms with van der Waals surface area (Å²) in [5.41, 5.74) is -0.924. The third-order valence-corrected chi connectivity index (χ3v) is 1.79. The average molecular weight is 169 g/mol.